The largest absolute Gasteiger partial charge is 0.373 e. The maximum Gasteiger partial charge on any atom is 0.135 e. The fourth-order valence-electron chi connectivity index (χ4n) is 1.78. The number of anilines is 2. The second kappa shape index (κ2) is 6.17. The van der Waals surface area contributed by atoms with E-state index in [0.717, 1.165) is 28.2 Å². The minimum Gasteiger partial charge on any atom is -0.373 e. The van der Waals surface area contributed by atoms with Crippen LogP contribution in [0.15, 0.2) is 11.4 Å². The van der Waals surface area contributed by atoms with Gasteiger partial charge in [-0.15, -0.1) is 11.3 Å². The van der Waals surface area contributed by atoms with Crippen LogP contribution in [0.3, 0.4) is 0 Å². The van der Waals surface area contributed by atoms with Gasteiger partial charge in [0.05, 0.1) is 6.04 Å². The first kappa shape index (κ1) is 14.7. The van der Waals surface area contributed by atoms with Crippen LogP contribution in [0.1, 0.15) is 49.3 Å². The summed E-state index contributed by atoms with van der Waals surface area (Å²) >= 11 is 1.66. The van der Waals surface area contributed by atoms with Crippen molar-refractivity contribution < 1.29 is 0 Å². The summed E-state index contributed by atoms with van der Waals surface area (Å²) in [5.74, 6) is 2.78. The van der Waals surface area contributed by atoms with Gasteiger partial charge in [-0.05, 0) is 13.8 Å². The molecule has 2 aromatic heterocycles. The number of rotatable bonds is 5. The summed E-state index contributed by atoms with van der Waals surface area (Å²) < 4.78 is 0. The monoisotopic (exact) mass is 291 g/mol. The Morgan fingerprint density at radius 3 is 2.35 bits per heavy atom. The zero-order chi connectivity index (χ0) is 14.7. The smallest absolute Gasteiger partial charge is 0.135 e. The second-order valence-electron chi connectivity index (χ2n) is 5.09. The minimum absolute atomic E-state index is 0.133. The molecule has 0 bridgehead atoms. The summed E-state index contributed by atoms with van der Waals surface area (Å²) in [5.41, 5.74) is 1.06. The first-order valence-corrected chi connectivity index (χ1v) is 7.63. The van der Waals surface area contributed by atoms with Crippen LogP contribution < -0.4 is 10.6 Å². The average molecular weight is 291 g/mol. The average Bonchev–Trinajstić information content (AvgIpc) is 2.85. The molecule has 0 aliphatic heterocycles. The summed E-state index contributed by atoms with van der Waals surface area (Å²) in [6.45, 7) is 8.28. The van der Waals surface area contributed by atoms with E-state index in [0.29, 0.717) is 5.92 Å². The van der Waals surface area contributed by atoms with Gasteiger partial charge in [-0.3, -0.25) is 0 Å². The first-order chi connectivity index (χ1) is 9.49. The van der Waals surface area contributed by atoms with E-state index < -0.39 is 0 Å². The molecule has 1 unspecified atom stereocenters. The summed E-state index contributed by atoms with van der Waals surface area (Å²) in [6, 6.07) is 2.05. The zero-order valence-corrected chi connectivity index (χ0v) is 13.4. The van der Waals surface area contributed by atoms with Crippen LogP contribution in [-0.2, 0) is 0 Å². The Hall–Kier alpha value is -1.69. The van der Waals surface area contributed by atoms with Crippen molar-refractivity contribution in [3.8, 4) is 0 Å². The van der Waals surface area contributed by atoms with Crippen molar-refractivity contribution in [1.29, 1.82) is 0 Å². The lowest BCUT2D eigenvalue weighted by Gasteiger charge is -2.15. The van der Waals surface area contributed by atoms with E-state index in [9.17, 15) is 0 Å². The quantitative estimate of drug-likeness (QED) is 0.881. The lowest BCUT2D eigenvalue weighted by atomic mass is 10.2. The van der Waals surface area contributed by atoms with Gasteiger partial charge in [0.25, 0.3) is 0 Å². The van der Waals surface area contributed by atoms with E-state index >= 15 is 0 Å². The van der Waals surface area contributed by atoms with Gasteiger partial charge in [0.15, 0.2) is 0 Å². The van der Waals surface area contributed by atoms with Gasteiger partial charge in [0.1, 0.15) is 22.5 Å². The van der Waals surface area contributed by atoms with Crippen molar-refractivity contribution in [1.82, 2.24) is 15.0 Å². The number of nitrogens with one attached hydrogen (secondary N) is 2. The van der Waals surface area contributed by atoms with Crippen molar-refractivity contribution in [3.63, 3.8) is 0 Å². The molecule has 2 rings (SSSR count). The Labute approximate surface area is 123 Å². The molecule has 20 heavy (non-hydrogen) atoms. The molecule has 0 amide bonds. The molecular weight excluding hydrogens is 270 g/mol. The third-order valence-corrected chi connectivity index (χ3v) is 4.03. The van der Waals surface area contributed by atoms with Crippen LogP contribution in [0, 0.1) is 6.92 Å². The van der Waals surface area contributed by atoms with Gasteiger partial charge < -0.3 is 10.6 Å². The number of aromatic nitrogens is 3. The van der Waals surface area contributed by atoms with Crippen LogP contribution >= 0.6 is 11.3 Å². The lowest BCUT2D eigenvalue weighted by Crippen LogP contribution is -2.11. The molecule has 0 spiro atoms. The number of aryl methyl sites for hydroxylation is 1. The summed E-state index contributed by atoms with van der Waals surface area (Å²) in [5, 5.41) is 9.60. The molecule has 0 saturated heterocycles. The van der Waals surface area contributed by atoms with E-state index in [1.54, 1.807) is 11.3 Å². The highest BCUT2D eigenvalue weighted by atomic mass is 32.1. The molecule has 2 heterocycles. The molecule has 108 valence electrons. The van der Waals surface area contributed by atoms with Crippen molar-refractivity contribution in [3.05, 3.63) is 28.0 Å². The highest BCUT2D eigenvalue weighted by molar-refractivity contribution is 7.09. The lowest BCUT2D eigenvalue weighted by molar-refractivity contribution is 0.769. The summed E-state index contributed by atoms with van der Waals surface area (Å²) in [7, 11) is 1.86. The standard InChI is InChI=1S/C14H21N5S/c1-8(2)13-18-11(15-5)6-12(19-13)17-10(4)14-16-9(3)7-20-14/h6-8,10H,1-5H3,(H2,15,17,18,19). The van der Waals surface area contributed by atoms with Crippen molar-refractivity contribution >= 4 is 23.0 Å². The fourth-order valence-corrected chi connectivity index (χ4v) is 2.58. The molecule has 0 radical (unpaired) electrons. The highest BCUT2D eigenvalue weighted by Gasteiger charge is 2.12. The maximum atomic E-state index is 4.57. The molecule has 0 aliphatic carbocycles. The van der Waals surface area contributed by atoms with Crippen LogP contribution in [-0.4, -0.2) is 22.0 Å². The molecule has 0 aliphatic rings. The summed E-state index contributed by atoms with van der Waals surface area (Å²) in [6.07, 6.45) is 0. The third-order valence-electron chi connectivity index (χ3n) is 2.89. The van der Waals surface area contributed by atoms with E-state index in [-0.39, 0.29) is 6.04 Å². The Kier molecular flexibility index (Phi) is 4.54. The normalized spacial score (nSPS) is 12.5. The molecule has 2 aromatic rings. The number of hydrogen-bond acceptors (Lipinski definition) is 6. The van der Waals surface area contributed by atoms with E-state index in [1.807, 2.05) is 20.0 Å². The fraction of sp³-hybridized carbons (Fsp3) is 0.500. The molecule has 2 N–H and O–H groups in total. The van der Waals surface area contributed by atoms with Crippen molar-refractivity contribution in [2.45, 2.75) is 39.7 Å². The Morgan fingerprint density at radius 1 is 1.10 bits per heavy atom. The SMILES string of the molecule is CNc1cc(NC(C)c2nc(C)cs2)nc(C(C)C)n1. The predicted octanol–water partition coefficient (Wildman–Crippen LogP) is 3.58. The molecular formula is C14H21N5S. The van der Waals surface area contributed by atoms with E-state index in [2.05, 4.69) is 51.7 Å². The molecule has 0 saturated carbocycles. The van der Waals surface area contributed by atoms with E-state index in [4.69, 9.17) is 0 Å². The topological polar surface area (TPSA) is 62.7 Å². The Bertz CT molecular complexity index is 579. The van der Waals surface area contributed by atoms with Gasteiger partial charge in [-0.1, -0.05) is 13.8 Å². The van der Waals surface area contributed by atoms with Crippen molar-refractivity contribution in [2.24, 2.45) is 0 Å². The Balaban J connectivity index is 2.21. The van der Waals surface area contributed by atoms with Gasteiger partial charge in [0.2, 0.25) is 0 Å². The summed E-state index contributed by atoms with van der Waals surface area (Å²) in [4.78, 5) is 13.5. The molecule has 1 atom stereocenters. The number of hydrogen-bond donors (Lipinski definition) is 2. The Morgan fingerprint density at radius 2 is 1.80 bits per heavy atom. The van der Waals surface area contributed by atoms with Crippen LogP contribution in [0.25, 0.3) is 0 Å². The van der Waals surface area contributed by atoms with E-state index in [1.165, 1.54) is 0 Å². The van der Waals surface area contributed by atoms with Crippen molar-refractivity contribution in [2.75, 3.05) is 17.7 Å². The molecule has 0 aromatic carbocycles. The number of nitrogens with zero attached hydrogens (tertiary/aromatic N) is 3. The van der Waals surface area contributed by atoms with Gasteiger partial charge in [-0.25, -0.2) is 15.0 Å². The zero-order valence-electron chi connectivity index (χ0n) is 12.6. The molecule has 6 heteroatoms. The maximum absolute atomic E-state index is 4.57. The van der Waals surface area contributed by atoms with Gasteiger partial charge in [0, 0.05) is 30.1 Å². The van der Waals surface area contributed by atoms with Gasteiger partial charge in [-0.2, -0.15) is 0 Å². The first-order valence-electron chi connectivity index (χ1n) is 6.75. The molecule has 5 nitrogen and oxygen atoms in total. The molecule has 0 fully saturated rings. The van der Waals surface area contributed by atoms with Crippen LogP contribution in [0.2, 0.25) is 0 Å². The van der Waals surface area contributed by atoms with Crippen LogP contribution in [0.4, 0.5) is 11.6 Å². The third kappa shape index (κ3) is 3.45. The number of thiazole rings is 1. The predicted molar refractivity (Wildman–Crippen MR) is 84.6 cm³/mol. The van der Waals surface area contributed by atoms with Gasteiger partial charge >= 0.3 is 0 Å². The second-order valence-corrected chi connectivity index (χ2v) is 5.98. The highest BCUT2D eigenvalue weighted by Crippen LogP contribution is 2.23. The van der Waals surface area contributed by atoms with Crippen LogP contribution in [0.5, 0.6) is 0 Å². The minimum atomic E-state index is 0.133.